The average molecular weight is 270 g/mol. The molecule has 1 heterocycles. The molecular formula is C15H30N2O2. The van der Waals surface area contributed by atoms with Gasteiger partial charge in [-0.25, -0.2) is 0 Å². The predicted octanol–water partition coefficient (Wildman–Crippen LogP) is 1.24. The summed E-state index contributed by atoms with van der Waals surface area (Å²) in [7, 11) is 2.14. The van der Waals surface area contributed by atoms with Crippen molar-refractivity contribution in [1.29, 1.82) is 0 Å². The fourth-order valence-electron chi connectivity index (χ4n) is 3.11. The van der Waals surface area contributed by atoms with Gasteiger partial charge >= 0.3 is 0 Å². The molecular weight excluding hydrogens is 240 g/mol. The minimum absolute atomic E-state index is 0.370. The predicted molar refractivity (Wildman–Crippen MR) is 77.3 cm³/mol. The van der Waals surface area contributed by atoms with Crippen LogP contribution in [0.25, 0.3) is 0 Å². The van der Waals surface area contributed by atoms with Crippen molar-refractivity contribution >= 4 is 0 Å². The highest BCUT2D eigenvalue weighted by atomic mass is 16.5. The van der Waals surface area contributed by atoms with Gasteiger partial charge in [0.25, 0.3) is 0 Å². The molecule has 19 heavy (non-hydrogen) atoms. The summed E-state index contributed by atoms with van der Waals surface area (Å²) in [6.45, 7) is 5.70. The van der Waals surface area contributed by atoms with Gasteiger partial charge in [0.05, 0.1) is 18.8 Å². The van der Waals surface area contributed by atoms with Gasteiger partial charge in [0.15, 0.2) is 0 Å². The van der Waals surface area contributed by atoms with Gasteiger partial charge in [-0.1, -0.05) is 6.92 Å². The summed E-state index contributed by atoms with van der Waals surface area (Å²) in [5, 5.41) is 13.4. The Hall–Kier alpha value is -0.160. The van der Waals surface area contributed by atoms with Crippen LogP contribution >= 0.6 is 0 Å². The molecule has 0 amide bonds. The fraction of sp³-hybridized carbons (Fsp3) is 1.00. The van der Waals surface area contributed by atoms with E-state index < -0.39 is 0 Å². The Morgan fingerprint density at radius 1 is 1.26 bits per heavy atom. The third kappa shape index (κ3) is 5.38. The number of aliphatic hydroxyl groups excluding tert-OH is 1. The van der Waals surface area contributed by atoms with Crippen LogP contribution in [0.4, 0.5) is 0 Å². The molecule has 2 fully saturated rings. The van der Waals surface area contributed by atoms with Crippen molar-refractivity contribution < 1.29 is 9.84 Å². The fourth-order valence-corrected chi connectivity index (χ4v) is 3.11. The van der Waals surface area contributed by atoms with E-state index >= 15 is 0 Å². The van der Waals surface area contributed by atoms with E-state index in [9.17, 15) is 5.11 Å². The molecule has 1 saturated heterocycles. The molecule has 2 atom stereocenters. The van der Waals surface area contributed by atoms with Gasteiger partial charge in [0, 0.05) is 19.1 Å². The Morgan fingerprint density at radius 2 is 2.00 bits per heavy atom. The van der Waals surface area contributed by atoms with Crippen LogP contribution in [0, 0.1) is 5.92 Å². The highest BCUT2D eigenvalue weighted by Crippen LogP contribution is 2.25. The van der Waals surface area contributed by atoms with Crippen LogP contribution < -0.4 is 5.32 Å². The van der Waals surface area contributed by atoms with Crippen molar-refractivity contribution in [3.05, 3.63) is 0 Å². The average Bonchev–Trinajstić information content (AvgIpc) is 2.81. The topological polar surface area (TPSA) is 44.7 Å². The number of ether oxygens (including phenoxy) is 1. The smallest absolute Gasteiger partial charge is 0.0897 e. The highest BCUT2D eigenvalue weighted by Gasteiger charge is 2.21. The van der Waals surface area contributed by atoms with Gasteiger partial charge in [-0.2, -0.15) is 0 Å². The Bertz CT molecular complexity index is 255. The maximum Gasteiger partial charge on any atom is 0.0897 e. The molecule has 2 aliphatic rings. The zero-order valence-corrected chi connectivity index (χ0v) is 12.5. The number of rotatable bonds is 6. The molecule has 0 radical (unpaired) electrons. The van der Waals surface area contributed by atoms with Crippen LogP contribution in [-0.2, 0) is 4.74 Å². The van der Waals surface area contributed by atoms with Crippen LogP contribution in [0.3, 0.4) is 0 Å². The zero-order chi connectivity index (χ0) is 13.7. The van der Waals surface area contributed by atoms with Crippen molar-refractivity contribution in [1.82, 2.24) is 10.2 Å². The molecule has 2 unspecified atom stereocenters. The summed E-state index contributed by atoms with van der Waals surface area (Å²) in [6, 6.07) is 0.537. The standard InChI is InChI=1S/C15H30N2O2/c1-12-3-5-15(6-4-12)19-11-14(18)9-16-13-7-8-17(2)10-13/h12-16,18H,3-11H2,1-2H3. The van der Waals surface area contributed by atoms with Crippen LogP contribution in [-0.4, -0.2) is 61.5 Å². The molecule has 0 aromatic heterocycles. The number of hydrogen-bond donors (Lipinski definition) is 2. The van der Waals surface area contributed by atoms with Crippen molar-refractivity contribution in [2.24, 2.45) is 5.92 Å². The number of likely N-dealkylation sites (tertiary alicyclic amines) is 1. The lowest BCUT2D eigenvalue weighted by Gasteiger charge is -2.27. The largest absolute Gasteiger partial charge is 0.389 e. The molecule has 1 aliphatic carbocycles. The molecule has 0 bridgehead atoms. The summed E-state index contributed by atoms with van der Waals surface area (Å²) in [6.07, 6.45) is 6.06. The maximum atomic E-state index is 9.96. The normalized spacial score (nSPS) is 34.6. The quantitative estimate of drug-likeness (QED) is 0.762. The zero-order valence-electron chi connectivity index (χ0n) is 12.5. The molecule has 1 aliphatic heterocycles. The van der Waals surface area contributed by atoms with Gasteiger partial charge in [0.1, 0.15) is 0 Å². The van der Waals surface area contributed by atoms with E-state index in [0.29, 0.717) is 25.3 Å². The first-order chi connectivity index (χ1) is 9.13. The van der Waals surface area contributed by atoms with Crippen molar-refractivity contribution in [2.75, 3.05) is 33.3 Å². The maximum absolute atomic E-state index is 9.96. The van der Waals surface area contributed by atoms with Gasteiger partial charge in [-0.05, 0) is 51.6 Å². The van der Waals surface area contributed by atoms with E-state index in [1.807, 2.05) is 0 Å². The third-order valence-electron chi connectivity index (χ3n) is 4.52. The second kappa shape index (κ2) is 7.58. The summed E-state index contributed by atoms with van der Waals surface area (Å²) in [5.41, 5.74) is 0. The minimum atomic E-state index is -0.370. The van der Waals surface area contributed by atoms with E-state index in [0.717, 1.165) is 31.8 Å². The van der Waals surface area contributed by atoms with E-state index in [1.165, 1.54) is 19.3 Å². The summed E-state index contributed by atoms with van der Waals surface area (Å²) in [4.78, 5) is 2.32. The molecule has 0 aromatic carbocycles. The Morgan fingerprint density at radius 3 is 2.63 bits per heavy atom. The number of nitrogens with zero attached hydrogens (tertiary/aromatic N) is 1. The number of aliphatic hydroxyl groups is 1. The van der Waals surface area contributed by atoms with Gasteiger partial charge in [-0.15, -0.1) is 0 Å². The summed E-state index contributed by atoms with van der Waals surface area (Å²) in [5.74, 6) is 0.853. The highest BCUT2D eigenvalue weighted by molar-refractivity contribution is 4.80. The first-order valence-electron chi connectivity index (χ1n) is 7.85. The van der Waals surface area contributed by atoms with Gasteiger partial charge in [0.2, 0.25) is 0 Å². The van der Waals surface area contributed by atoms with E-state index in [-0.39, 0.29) is 6.10 Å². The summed E-state index contributed by atoms with van der Waals surface area (Å²) < 4.78 is 5.83. The molecule has 2 rings (SSSR count). The first kappa shape index (κ1) is 15.2. The molecule has 2 N–H and O–H groups in total. The van der Waals surface area contributed by atoms with Crippen molar-refractivity contribution in [3.8, 4) is 0 Å². The Balaban J connectivity index is 1.53. The van der Waals surface area contributed by atoms with Crippen LogP contribution in [0.2, 0.25) is 0 Å². The second-order valence-corrected chi connectivity index (χ2v) is 6.53. The van der Waals surface area contributed by atoms with Gasteiger partial charge in [-0.3, -0.25) is 0 Å². The van der Waals surface area contributed by atoms with E-state index in [4.69, 9.17) is 4.74 Å². The van der Waals surface area contributed by atoms with Crippen LogP contribution in [0.1, 0.15) is 39.0 Å². The second-order valence-electron chi connectivity index (χ2n) is 6.53. The van der Waals surface area contributed by atoms with Crippen molar-refractivity contribution in [3.63, 3.8) is 0 Å². The Labute approximate surface area is 117 Å². The third-order valence-corrected chi connectivity index (χ3v) is 4.52. The van der Waals surface area contributed by atoms with Crippen LogP contribution in [0.15, 0.2) is 0 Å². The first-order valence-corrected chi connectivity index (χ1v) is 7.85. The van der Waals surface area contributed by atoms with Crippen molar-refractivity contribution in [2.45, 2.75) is 57.3 Å². The van der Waals surface area contributed by atoms with Crippen LogP contribution in [0.5, 0.6) is 0 Å². The molecule has 0 spiro atoms. The minimum Gasteiger partial charge on any atom is -0.389 e. The molecule has 4 heteroatoms. The lowest BCUT2D eigenvalue weighted by molar-refractivity contribution is -0.0283. The molecule has 4 nitrogen and oxygen atoms in total. The number of likely N-dealkylation sites (N-methyl/N-ethyl adjacent to an activating group) is 1. The van der Waals surface area contributed by atoms with E-state index in [1.54, 1.807) is 0 Å². The SMILES string of the molecule is CC1CCC(OCC(O)CNC2CCN(C)C2)CC1. The molecule has 112 valence electrons. The molecule has 0 aromatic rings. The van der Waals surface area contributed by atoms with Gasteiger partial charge < -0.3 is 20.1 Å². The number of nitrogens with one attached hydrogen (secondary N) is 1. The monoisotopic (exact) mass is 270 g/mol. The van der Waals surface area contributed by atoms with E-state index in [2.05, 4.69) is 24.2 Å². The summed E-state index contributed by atoms with van der Waals surface area (Å²) >= 11 is 0. The Kier molecular flexibility index (Phi) is 6.07. The lowest BCUT2D eigenvalue weighted by atomic mass is 9.89. The lowest BCUT2D eigenvalue weighted by Crippen LogP contribution is -2.39. The number of hydrogen-bond acceptors (Lipinski definition) is 4. The molecule has 1 saturated carbocycles.